The second-order valence-electron chi connectivity index (χ2n) is 7.56. The third-order valence-corrected chi connectivity index (χ3v) is 5.43. The molecule has 4 heterocycles. The standard InChI is InChI=1S/C23H23FN4O/c1-17-4-5-18(16-27-17)15-23(24)8-13-28(14-9-23)22(29)20-3-2-10-26-21(20)19-6-11-25-12-7-19/h2-7,10-12,16H,8-9,13-15H2,1H3. The number of hydrogen-bond acceptors (Lipinski definition) is 4. The molecule has 1 amide bonds. The minimum atomic E-state index is -1.31. The molecule has 0 N–H and O–H groups in total. The van der Waals surface area contributed by atoms with Gasteiger partial charge in [-0.2, -0.15) is 0 Å². The van der Waals surface area contributed by atoms with Crippen LogP contribution in [0.4, 0.5) is 4.39 Å². The van der Waals surface area contributed by atoms with Gasteiger partial charge in [-0.05, 0) is 55.7 Å². The van der Waals surface area contributed by atoms with E-state index in [-0.39, 0.29) is 5.91 Å². The number of carbonyl (C=O) groups is 1. The number of piperidine rings is 1. The van der Waals surface area contributed by atoms with Crippen LogP contribution in [-0.2, 0) is 6.42 Å². The van der Waals surface area contributed by atoms with Crippen LogP contribution in [0, 0.1) is 6.92 Å². The number of alkyl halides is 1. The van der Waals surface area contributed by atoms with Crippen molar-refractivity contribution in [1.82, 2.24) is 19.9 Å². The summed E-state index contributed by atoms with van der Waals surface area (Å²) in [5, 5.41) is 0. The summed E-state index contributed by atoms with van der Waals surface area (Å²) < 4.78 is 15.4. The topological polar surface area (TPSA) is 59.0 Å². The van der Waals surface area contributed by atoms with Gasteiger partial charge in [-0.3, -0.25) is 19.7 Å². The monoisotopic (exact) mass is 390 g/mol. The summed E-state index contributed by atoms with van der Waals surface area (Å²) in [6.45, 7) is 2.69. The smallest absolute Gasteiger partial charge is 0.256 e. The molecular formula is C23H23FN4O. The maximum atomic E-state index is 15.4. The average Bonchev–Trinajstić information content (AvgIpc) is 2.76. The molecule has 5 nitrogen and oxygen atoms in total. The predicted molar refractivity (Wildman–Crippen MR) is 109 cm³/mol. The predicted octanol–water partition coefficient (Wildman–Crippen LogP) is 4.03. The molecule has 0 aromatic carbocycles. The average molecular weight is 390 g/mol. The van der Waals surface area contributed by atoms with Crippen molar-refractivity contribution in [3.8, 4) is 11.3 Å². The van der Waals surface area contributed by atoms with Gasteiger partial charge in [-0.15, -0.1) is 0 Å². The zero-order chi connectivity index (χ0) is 20.3. The van der Waals surface area contributed by atoms with Crippen LogP contribution in [0.15, 0.2) is 61.2 Å². The number of nitrogens with zero attached hydrogens (tertiary/aromatic N) is 4. The van der Waals surface area contributed by atoms with E-state index < -0.39 is 5.67 Å². The SMILES string of the molecule is Cc1ccc(CC2(F)CCN(C(=O)c3cccnc3-c3ccncc3)CC2)cn1. The van der Waals surface area contributed by atoms with Crippen LogP contribution in [0.3, 0.4) is 0 Å². The lowest BCUT2D eigenvalue weighted by Gasteiger charge is -2.36. The first-order valence-electron chi connectivity index (χ1n) is 9.79. The number of aryl methyl sites for hydroxylation is 1. The Hall–Kier alpha value is -3.15. The Labute approximate surface area is 169 Å². The van der Waals surface area contributed by atoms with Crippen LogP contribution in [0.2, 0.25) is 0 Å². The summed E-state index contributed by atoms with van der Waals surface area (Å²) in [4.78, 5) is 27.5. The molecule has 29 heavy (non-hydrogen) atoms. The molecule has 148 valence electrons. The zero-order valence-corrected chi connectivity index (χ0v) is 16.4. The molecule has 3 aromatic heterocycles. The van der Waals surface area contributed by atoms with E-state index in [2.05, 4.69) is 15.0 Å². The number of carbonyl (C=O) groups excluding carboxylic acids is 1. The fourth-order valence-corrected chi connectivity index (χ4v) is 3.74. The van der Waals surface area contributed by atoms with Crippen molar-refractivity contribution in [2.45, 2.75) is 31.9 Å². The molecule has 1 saturated heterocycles. The Morgan fingerprint density at radius 3 is 2.52 bits per heavy atom. The van der Waals surface area contributed by atoms with Crippen LogP contribution in [0.1, 0.15) is 34.5 Å². The van der Waals surface area contributed by atoms with Gasteiger partial charge in [-0.1, -0.05) is 6.07 Å². The molecule has 1 aliphatic heterocycles. The molecule has 3 aromatic rings. The molecule has 6 heteroatoms. The van der Waals surface area contributed by atoms with Gasteiger partial charge < -0.3 is 4.90 Å². The summed E-state index contributed by atoms with van der Waals surface area (Å²) in [7, 11) is 0. The van der Waals surface area contributed by atoms with Gasteiger partial charge in [0, 0.05) is 55.6 Å². The molecule has 0 bridgehead atoms. The number of amides is 1. The Kier molecular flexibility index (Phi) is 5.34. The van der Waals surface area contributed by atoms with Gasteiger partial charge in [0.2, 0.25) is 0 Å². The minimum absolute atomic E-state index is 0.107. The molecule has 0 spiro atoms. The second kappa shape index (κ2) is 8.07. The summed E-state index contributed by atoms with van der Waals surface area (Å²) in [5.41, 5.74) is 2.51. The first kappa shape index (κ1) is 19.2. The van der Waals surface area contributed by atoms with Crippen molar-refractivity contribution < 1.29 is 9.18 Å². The highest BCUT2D eigenvalue weighted by Crippen LogP contribution is 2.32. The van der Waals surface area contributed by atoms with E-state index in [4.69, 9.17) is 0 Å². The van der Waals surface area contributed by atoms with Crippen molar-refractivity contribution in [2.75, 3.05) is 13.1 Å². The number of halogens is 1. The maximum Gasteiger partial charge on any atom is 0.256 e. The van der Waals surface area contributed by atoms with E-state index in [0.29, 0.717) is 43.6 Å². The molecular weight excluding hydrogens is 367 g/mol. The van der Waals surface area contributed by atoms with Crippen LogP contribution < -0.4 is 0 Å². The summed E-state index contributed by atoms with van der Waals surface area (Å²) in [6.07, 6.45) is 7.73. The van der Waals surface area contributed by atoms with Crippen LogP contribution >= 0.6 is 0 Å². The third-order valence-electron chi connectivity index (χ3n) is 5.43. The van der Waals surface area contributed by atoms with Gasteiger partial charge in [0.25, 0.3) is 5.91 Å². The van der Waals surface area contributed by atoms with E-state index in [1.807, 2.05) is 31.2 Å². The van der Waals surface area contributed by atoms with E-state index in [1.165, 1.54) is 0 Å². The van der Waals surface area contributed by atoms with E-state index >= 15 is 4.39 Å². The first-order valence-corrected chi connectivity index (χ1v) is 9.79. The molecule has 1 fully saturated rings. The number of hydrogen-bond donors (Lipinski definition) is 0. The van der Waals surface area contributed by atoms with E-state index in [0.717, 1.165) is 16.8 Å². The lowest BCUT2D eigenvalue weighted by molar-refractivity contribution is 0.0437. The fraction of sp³-hybridized carbons (Fsp3) is 0.304. The zero-order valence-electron chi connectivity index (χ0n) is 16.4. The summed E-state index contributed by atoms with van der Waals surface area (Å²) in [5.74, 6) is -0.107. The van der Waals surface area contributed by atoms with Gasteiger partial charge in [0.05, 0.1) is 11.3 Å². The number of likely N-dealkylation sites (tertiary alicyclic amines) is 1. The Morgan fingerprint density at radius 1 is 1.07 bits per heavy atom. The normalized spacial score (nSPS) is 15.9. The van der Waals surface area contributed by atoms with E-state index in [9.17, 15) is 4.79 Å². The second-order valence-corrected chi connectivity index (χ2v) is 7.56. The maximum absolute atomic E-state index is 15.4. The Balaban J connectivity index is 1.47. The van der Waals surface area contributed by atoms with Gasteiger partial charge >= 0.3 is 0 Å². The largest absolute Gasteiger partial charge is 0.338 e. The highest BCUT2D eigenvalue weighted by molar-refractivity contribution is 5.99. The van der Waals surface area contributed by atoms with Crippen molar-refractivity contribution in [3.63, 3.8) is 0 Å². The molecule has 0 unspecified atom stereocenters. The van der Waals surface area contributed by atoms with Gasteiger partial charge in [-0.25, -0.2) is 4.39 Å². The molecule has 4 rings (SSSR count). The lowest BCUT2D eigenvalue weighted by Crippen LogP contribution is -2.45. The molecule has 1 aliphatic rings. The molecule has 0 atom stereocenters. The van der Waals surface area contributed by atoms with Crippen molar-refractivity contribution in [3.05, 3.63) is 78.0 Å². The number of pyridine rings is 3. The molecule has 0 aliphatic carbocycles. The quantitative estimate of drug-likeness (QED) is 0.675. The first-order chi connectivity index (χ1) is 14.0. The Morgan fingerprint density at radius 2 is 1.83 bits per heavy atom. The van der Waals surface area contributed by atoms with Crippen molar-refractivity contribution in [2.24, 2.45) is 0 Å². The number of rotatable bonds is 4. The lowest BCUT2D eigenvalue weighted by atomic mass is 9.87. The van der Waals surface area contributed by atoms with Crippen molar-refractivity contribution >= 4 is 5.91 Å². The summed E-state index contributed by atoms with van der Waals surface area (Å²) in [6, 6.07) is 11.0. The highest BCUT2D eigenvalue weighted by atomic mass is 19.1. The Bertz CT molecular complexity index is 983. The number of aromatic nitrogens is 3. The van der Waals surface area contributed by atoms with Crippen LogP contribution in [-0.4, -0.2) is 44.5 Å². The molecule has 0 radical (unpaired) electrons. The summed E-state index contributed by atoms with van der Waals surface area (Å²) >= 11 is 0. The highest BCUT2D eigenvalue weighted by Gasteiger charge is 2.36. The fourth-order valence-electron chi connectivity index (χ4n) is 3.74. The van der Waals surface area contributed by atoms with Gasteiger partial charge in [0.1, 0.15) is 5.67 Å². The minimum Gasteiger partial charge on any atom is -0.338 e. The van der Waals surface area contributed by atoms with Crippen LogP contribution in [0.5, 0.6) is 0 Å². The van der Waals surface area contributed by atoms with Crippen molar-refractivity contribution in [1.29, 1.82) is 0 Å². The molecule has 0 saturated carbocycles. The van der Waals surface area contributed by atoms with Gasteiger partial charge in [0.15, 0.2) is 0 Å². The van der Waals surface area contributed by atoms with E-state index in [1.54, 1.807) is 41.8 Å². The third kappa shape index (κ3) is 4.31. The van der Waals surface area contributed by atoms with Crippen LogP contribution in [0.25, 0.3) is 11.3 Å².